The Kier molecular flexibility index (Phi) is 3.91. The van der Waals surface area contributed by atoms with Gasteiger partial charge < -0.3 is 10.1 Å². The maximum absolute atomic E-state index is 5.71. The summed E-state index contributed by atoms with van der Waals surface area (Å²) in [7, 11) is 0. The fourth-order valence-electron chi connectivity index (χ4n) is 2.82. The van der Waals surface area contributed by atoms with E-state index in [9.17, 15) is 0 Å². The van der Waals surface area contributed by atoms with Crippen molar-refractivity contribution in [3.8, 4) is 0 Å². The van der Waals surface area contributed by atoms with Crippen LogP contribution in [0.4, 0.5) is 0 Å². The molecule has 2 rings (SSSR count). The van der Waals surface area contributed by atoms with Gasteiger partial charge in [-0.15, -0.1) is 0 Å². The lowest BCUT2D eigenvalue weighted by atomic mass is 9.91. The molecule has 1 heterocycles. The molecule has 2 aliphatic rings. The van der Waals surface area contributed by atoms with E-state index in [2.05, 4.69) is 26.1 Å². The second-order valence-electron chi connectivity index (χ2n) is 6.02. The number of nitrogens with one attached hydrogen (secondary N) is 1. The Labute approximate surface area is 100 Å². The average Bonchev–Trinajstić information content (AvgIpc) is 3.08. The normalized spacial score (nSPS) is 33.0. The van der Waals surface area contributed by atoms with Crippen LogP contribution in [-0.4, -0.2) is 25.3 Å². The maximum atomic E-state index is 5.71. The van der Waals surface area contributed by atoms with Crippen LogP contribution in [0.25, 0.3) is 0 Å². The van der Waals surface area contributed by atoms with Crippen LogP contribution in [0.15, 0.2) is 0 Å². The van der Waals surface area contributed by atoms with Crippen LogP contribution in [0.2, 0.25) is 0 Å². The van der Waals surface area contributed by atoms with Gasteiger partial charge in [-0.3, -0.25) is 0 Å². The summed E-state index contributed by atoms with van der Waals surface area (Å²) in [6, 6.07) is 0.704. The summed E-state index contributed by atoms with van der Waals surface area (Å²) in [6.07, 6.45) is 6.93. The van der Waals surface area contributed by atoms with Gasteiger partial charge in [-0.05, 0) is 43.4 Å². The minimum atomic E-state index is 0.500. The number of hydrogen-bond acceptors (Lipinski definition) is 2. The van der Waals surface area contributed by atoms with E-state index in [-0.39, 0.29) is 0 Å². The van der Waals surface area contributed by atoms with Crippen molar-refractivity contribution in [1.82, 2.24) is 5.32 Å². The van der Waals surface area contributed by atoms with E-state index >= 15 is 0 Å². The Balaban J connectivity index is 1.73. The number of hydrogen-bond donors (Lipinski definition) is 1. The molecule has 0 aromatic rings. The van der Waals surface area contributed by atoms with Crippen LogP contribution in [0.3, 0.4) is 0 Å². The highest BCUT2D eigenvalue weighted by molar-refractivity contribution is 4.98. The lowest BCUT2D eigenvalue weighted by Crippen LogP contribution is -2.42. The van der Waals surface area contributed by atoms with Crippen molar-refractivity contribution in [2.75, 3.05) is 13.2 Å². The molecule has 94 valence electrons. The molecule has 1 saturated heterocycles. The molecule has 0 aromatic carbocycles. The lowest BCUT2D eigenvalue weighted by molar-refractivity contribution is -0.00118. The van der Waals surface area contributed by atoms with Gasteiger partial charge >= 0.3 is 0 Å². The summed E-state index contributed by atoms with van der Waals surface area (Å²) in [5.74, 6) is 0.835. The third-order valence-electron chi connectivity index (χ3n) is 4.68. The van der Waals surface area contributed by atoms with E-state index in [1.165, 1.54) is 32.2 Å². The highest BCUT2D eigenvalue weighted by Crippen LogP contribution is 2.51. The van der Waals surface area contributed by atoms with E-state index in [4.69, 9.17) is 4.74 Å². The van der Waals surface area contributed by atoms with Crippen molar-refractivity contribution in [3.63, 3.8) is 0 Å². The lowest BCUT2D eigenvalue weighted by Gasteiger charge is -2.31. The summed E-state index contributed by atoms with van der Waals surface area (Å²) in [5.41, 5.74) is 0.639. The molecule has 1 saturated carbocycles. The van der Waals surface area contributed by atoms with Gasteiger partial charge in [0, 0.05) is 19.2 Å². The zero-order valence-corrected chi connectivity index (χ0v) is 11.1. The quantitative estimate of drug-likeness (QED) is 0.776. The van der Waals surface area contributed by atoms with Gasteiger partial charge in [0.1, 0.15) is 0 Å². The van der Waals surface area contributed by atoms with Gasteiger partial charge in [-0.1, -0.05) is 20.8 Å². The molecule has 1 aliphatic carbocycles. The van der Waals surface area contributed by atoms with Crippen molar-refractivity contribution in [2.45, 2.75) is 65.0 Å². The molecule has 0 aromatic heterocycles. The topological polar surface area (TPSA) is 21.3 Å². The third-order valence-corrected chi connectivity index (χ3v) is 4.68. The van der Waals surface area contributed by atoms with E-state index < -0.39 is 0 Å². The van der Waals surface area contributed by atoms with Crippen LogP contribution >= 0.6 is 0 Å². The highest BCUT2D eigenvalue weighted by Gasteiger charge is 2.45. The van der Waals surface area contributed by atoms with Crippen LogP contribution in [0.1, 0.15) is 52.9 Å². The largest absolute Gasteiger partial charge is 0.378 e. The average molecular weight is 225 g/mol. The van der Waals surface area contributed by atoms with Crippen LogP contribution in [-0.2, 0) is 4.74 Å². The van der Waals surface area contributed by atoms with Gasteiger partial charge in [-0.25, -0.2) is 0 Å². The molecule has 2 fully saturated rings. The van der Waals surface area contributed by atoms with Gasteiger partial charge in [0.15, 0.2) is 0 Å². The molecule has 0 amide bonds. The molecule has 2 heteroatoms. The fourth-order valence-corrected chi connectivity index (χ4v) is 2.82. The van der Waals surface area contributed by atoms with Crippen LogP contribution in [0, 0.1) is 11.3 Å². The predicted molar refractivity (Wildman–Crippen MR) is 67.6 cm³/mol. The van der Waals surface area contributed by atoms with Gasteiger partial charge in [-0.2, -0.15) is 0 Å². The van der Waals surface area contributed by atoms with Crippen molar-refractivity contribution in [2.24, 2.45) is 11.3 Å². The fraction of sp³-hybridized carbons (Fsp3) is 1.00. The second kappa shape index (κ2) is 5.05. The molecule has 2 nitrogen and oxygen atoms in total. The molecule has 16 heavy (non-hydrogen) atoms. The molecule has 0 radical (unpaired) electrons. The summed E-state index contributed by atoms with van der Waals surface area (Å²) < 4.78 is 5.71. The Hall–Kier alpha value is -0.0800. The molecule has 0 bridgehead atoms. The number of rotatable bonds is 5. The third kappa shape index (κ3) is 2.78. The summed E-state index contributed by atoms with van der Waals surface area (Å²) in [5, 5.41) is 3.79. The van der Waals surface area contributed by atoms with E-state index in [1.54, 1.807) is 0 Å². The van der Waals surface area contributed by atoms with E-state index in [0.717, 1.165) is 18.9 Å². The minimum absolute atomic E-state index is 0.500. The Morgan fingerprint density at radius 2 is 2.12 bits per heavy atom. The van der Waals surface area contributed by atoms with Crippen molar-refractivity contribution < 1.29 is 4.74 Å². The molecule has 1 N–H and O–H groups in total. The second-order valence-corrected chi connectivity index (χ2v) is 6.02. The molecule has 0 spiro atoms. The highest BCUT2D eigenvalue weighted by atomic mass is 16.5. The number of ether oxygens (including phenoxy) is 1. The van der Waals surface area contributed by atoms with Crippen molar-refractivity contribution in [3.05, 3.63) is 0 Å². The van der Waals surface area contributed by atoms with Crippen molar-refractivity contribution >= 4 is 0 Å². The first kappa shape index (κ1) is 12.4. The minimum Gasteiger partial charge on any atom is -0.378 e. The maximum Gasteiger partial charge on any atom is 0.0587 e. The SMILES string of the molecule is CCC1CC(NCC2(C(C)C)CC2)CCO1. The molecule has 2 atom stereocenters. The summed E-state index contributed by atoms with van der Waals surface area (Å²) in [4.78, 5) is 0. The summed E-state index contributed by atoms with van der Waals surface area (Å²) in [6.45, 7) is 9.14. The Morgan fingerprint density at radius 1 is 1.38 bits per heavy atom. The Bertz CT molecular complexity index is 223. The first-order chi connectivity index (χ1) is 7.66. The predicted octanol–water partition coefficient (Wildman–Crippen LogP) is 2.97. The van der Waals surface area contributed by atoms with Gasteiger partial charge in [0.25, 0.3) is 0 Å². The first-order valence-corrected chi connectivity index (χ1v) is 7.01. The summed E-state index contributed by atoms with van der Waals surface area (Å²) >= 11 is 0. The molecule has 2 unspecified atom stereocenters. The smallest absolute Gasteiger partial charge is 0.0587 e. The standard InChI is InChI=1S/C14H27NO/c1-4-13-9-12(5-8-16-13)15-10-14(6-7-14)11(2)3/h11-13,15H,4-10H2,1-3H3. The van der Waals surface area contributed by atoms with Crippen molar-refractivity contribution in [1.29, 1.82) is 0 Å². The van der Waals surface area contributed by atoms with E-state index in [0.29, 0.717) is 17.6 Å². The zero-order valence-electron chi connectivity index (χ0n) is 11.1. The molecular formula is C14H27NO. The first-order valence-electron chi connectivity index (χ1n) is 7.01. The molecular weight excluding hydrogens is 198 g/mol. The molecule has 1 aliphatic heterocycles. The zero-order chi connectivity index (χ0) is 11.6. The van der Waals surface area contributed by atoms with Gasteiger partial charge in [0.05, 0.1) is 6.10 Å². The monoisotopic (exact) mass is 225 g/mol. The Morgan fingerprint density at radius 3 is 2.69 bits per heavy atom. The van der Waals surface area contributed by atoms with Crippen LogP contribution < -0.4 is 5.32 Å². The van der Waals surface area contributed by atoms with Crippen LogP contribution in [0.5, 0.6) is 0 Å². The van der Waals surface area contributed by atoms with E-state index in [1.807, 2.05) is 0 Å². The van der Waals surface area contributed by atoms with Gasteiger partial charge in [0.2, 0.25) is 0 Å².